The molecule has 200 valence electrons. The van der Waals surface area contributed by atoms with Crippen LogP contribution >= 0.6 is 0 Å². The summed E-state index contributed by atoms with van der Waals surface area (Å²) in [4.78, 5) is 30.7. The van der Waals surface area contributed by atoms with Crippen LogP contribution in [0.15, 0.2) is 48.7 Å². The number of benzene rings is 1. The number of carbonyl (C=O) groups is 2. The van der Waals surface area contributed by atoms with E-state index in [2.05, 4.69) is 20.2 Å². The Labute approximate surface area is 214 Å². The molecule has 2 aliphatic rings. The van der Waals surface area contributed by atoms with Gasteiger partial charge in [0.05, 0.1) is 24.5 Å². The molecule has 3 aromatic rings. The number of carbonyl (C=O) groups excluding carboxylic acids is 1. The molecule has 2 aliphatic heterocycles. The van der Waals surface area contributed by atoms with Gasteiger partial charge in [-0.3, -0.25) is 9.78 Å². The number of para-hydroxylation sites is 1. The number of ether oxygens (including phenoxy) is 1. The number of nitrogens with one attached hydrogen (secondary N) is 2. The number of amides is 1. The van der Waals surface area contributed by atoms with Gasteiger partial charge < -0.3 is 25.0 Å². The zero-order valence-electron chi connectivity index (χ0n) is 20.0. The van der Waals surface area contributed by atoms with E-state index in [0.29, 0.717) is 25.3 Å². The molecule has 0 saturated carbocycles. The van der Waals surface area contributed by atoms with Gasteiger partial charge in [-0.15, -0.1) is 0 Å². The van der Waals surface area contributed by atoms with Crippen molar-refractivity contribution in [3.05, 3.63) is 71.2 Å². The molecular weight excluding hydrogens is 508 g/mol. The molecule has 38 heavy (non-hydrogen) atoms. The van der Waals surface area contributed by atoms with E-state index in [-0.39, 0.29) is 11.6 Å². The fourth-order valence-corrected chi connectivity index (χ4v) is 4.09. The molecule has 1 saturated heterocycles. The molecule has 4 heterocycles. The largest absolute Gasteiger partial charge is 0.490 e. The minimum absolute atomic E-state index is 0.0798. The highest BCUT2D eigenvalue weighted by Crippen LogP contribution is 2.29. The Bertz CT molecular complexity index is 1350. The summed E-state index contributed by atoms with van der Waals surface area (Å²) >= 11 is 0. The fraction of sp³-hybridized carbons (Fsp3) is 0.269. The standard InChI is InChI=1S/C24H23FN4O2.C2HF3O2/c25-19(13-17-3-1-2-4-23(17)29-9-11-31-12-10-29)22-14-16(5-7-26-22)21-15-18-20(28-21)6-8-27-24(18)30;3-2(4,5)1(6)7/h1-5,7,13-15,28H,6,8-12H2,(H,27,30);(H,6,7)/b19-13+;. The van der Waals surface area contributed by atoms with E-state index in [0.717, 1.165) is 47.7 Å². The van der Waals surface area contributed by atoms with Crippen LogP contribution in [0.25, 0.3) is 23.2 Å². The average Bonchev–Trinajstić information content (AvgIpc) is 3.35. The van der Waals surface area contributed by atoms with Crippen LogP contribution in [-0.4, -0.2) is 66.0 Å². The van der Waals surface area contributed by atoms with E-state index in [4.69, 9.17) is 14.6 Å². The van der Waals surface area contributed by atoms with E-state index < -0.39 is 18.0 Å². The summed E-state index contributed by atoms with van der Waals surface area (Å²) in [5.74, 6) is -3.24. The van der Waals surface area contributed by atoms with E-state index in [1.54, 1.807) is 12.3 Å². The number of halogens is 4. The molecule has 5 rings (SSSR count). The van der Waals surface area contributed by atoms with Gasteiger partial charge in [0, 0.05) is 60.5 Å². The number of H-pyrrole nitrogens is 1. The summed E-state index contributed by atoms with van der Waals surface area (Å²) in [6.45, 7) is 3.52. The first-order valence-corrected chi connectivity index (χ1v) is 11.7. The monoisotopic (exact) mass is 532 g/mol. The molecule has 0 spiro atoms. The number of nitrogens with zero attached hydrogens (tertiary/aromatic N) is 2. The summed E-state index contributed by atoms with van der Waals surface area (Å²) < 4.78 is 52.4. The van der Waals surface area contributed by atoms with Gasteiger partial charge in [-0.25, -0.2) is 9.18 Å². The molecule has 0 radical (unpaired) electrons. The SMILES string of the molecule is O=C(O)C(F)(F)F.O=C1NCCc2[nH]c(-c3ccnc(/C(F)=C\c4ccccc4N4CCOCC4)c3)cc21. The van der Waals surface area contributed by atoms with Crippen LogP contribution in [0.5, 0.6) is 0 Å². The van der Waals surface area contributed by atoms with Gasteiger partial charge in [-0.05, 0) is 30.3 Å². The van der Waals surface area contributed by atoms with Crippen molar-refractivity contribution in [3.63, 3.8) is 0 Å². The molecule has 3 N–H and O–H groups in total. The first-order chi connectivity index (χ1) is 18.1. The zero-order valence-corrected chi connectivity index (χ0v) is 20.0. The Balaban J connectivity index is 0.000000426. The first kappa shape index (κ1) is 26.9. The topological polar surface area (TPSA) is 108 Å². The maximum atomic E-state index is 15.2. The summed E-state index contributed by atoms with van der Waals surface area (Å²) in [5.41, 5.74) is 5.18. The number of rotatable bonds is 4. The predicted molar refractivity (Wildman–Crippen MR) is 132 cm³/mol. The predicted octanol–water partition coefficient (Wildman–Crippen LogP) is 4.30. The Morgan fingerprint density at radius 3 is 2.53 bits per heavy atom. The lowest BCUT2D eigenvalue weighted by atomic mass is 10.1. The van der Waals surface area contributed by atoms with Crippen LogP contribution in [0.1, 0.15) is 27.3 Å². The van der Waals surface area contributed by atoms with Gasteiger partial charge in [0.15, 0.2) is 0 Å². The molecule has 8 nitrogen and oxygen atoms in total. The number of pyridine rings is 1. The number of aromatic amines is 1. The van der Waals surface area contributed by atoms with Crippen molar-refractivity contribution < 1.29 is 37.0 Å². The van der Waals surface area contributed by atoms with Crippen LogP contribution in [0.2, 0.25) is 0 Å². The molecule has 12 heteroatoms. The van der Waals surface area contributed by atoms with Crippen LogP contribution in [0, 0.1) is 0 Å². The second-order valence-corrected chi connectivity index (χ2v) is 8.46. The molecule has 0 atom stereocenters. The minimum Gasteiger partial charge on any atom is -0.475 e. The molecule has 0 bridgehead atoms. The molecular formula is C26H24F4N4O4. The second-order valence-electron chi connectivity index (χ2n) is 8.46. The normalized spacial score (nSPS) is 15.7. The van der Waals surface area contributed by atoms with Crippen molar-refractivity contribution in [2.45, 2.75) is 12.6 Å². The van der Waals surface area contributed by atoms with Gasteiger partial charge >= 0.3 is 12.1 Å². The number of carboxylic acids is 1. The van der Waals surface area contributed by atoms with E-state index in [9.17, 15) is 18.0 Å². The van der Waals surface area contributed by atoms with Gasteiger partial charge in [0.25, 0.3) is 5.91 Å². The molecule has 1 amide bonds. The van der Waals surface area contributed by atoms with Gasteiger partial charge in [-0.2, -0.15) is 13.2 Å². The molecule has 1 fully saturated rings. The van der Waals surface area contributed by atoms with Crippen molar-refractivity contribution in [1.82, 2.24) is 15.3 Å². The summed E-state index contributed by atoms with van der Waals surface area (Å²) in [6, 6.07) is 13.1. The van der Waals surface area contributed by atoms with Crippen LogP contribution in [0.3, 0.4) is 0 Å². The second kappa shape index (κ2) is 11.5. The number of hydrogen-bond acceptors (Lipinski definition) is 5. The van der Waals surface area contributed by atoms with E-state index in [1.807, 2.05) is 36.4 Å². The van der Waals surface area contributed by atoms with Gasteiger partial charge in [0.1, 0.15) is 5.83 Å². The highest BCUT2D eigenvalue weighted by Gasteiger charge is 2.38. The summed E-state index contributed by atoms with van der Waals surface area (Å²) in [6.07, 6.45) is -1.21. The molecule has 0 unspecified atom stereocenters. The molecule has 0 aliphatic carbocycles. The Kier molecular flexibility index (Phi) is 8.10. The van der Waals surface area contributed by atoms with Crippen LogP contribution in [-0.2, 0) is 16.0 Å². The number of hydrogen-bond donors (Lipinski definition) is 3. The number of morpholine rings is 1. The lowest BCUT2D eigenvalue weighted by Crippen LogP contribution is -2.36. The smallest absolute Gasteiger partial charge is 0.475 e. The Morgan fingerprint density at radius 2 is 1.84 bits per heavy atom. The summed E-state index contributed by atoms with van der Waals surface area (Å²) in [7, 11) is 0. The van der Waals surface area contributed by atoms with Crippen molar-refractivity contribution in [3.8, 4) is 11.3 Å². The maximum absolute atomic E-state index is 15.2. The van der Waals surface area contributed by atoms with Crippen LogP contribution in [0.4, 0.5) is 23.2 Å². The van der Waals surface area contributed by atoms with Gasteiger partial charge in [0.2, 0.25) is 0 Å². The maximum Gasteiger partial charge on any atom is 0.490 e. The number of aliphatic carboxylic acids is 1. The number of fused-ring (bicyclic) bond motifs is 1. The van der Waals surface area contributed by atoms with Crippen molar-refractivity contribution in [2.75, 3.05) is 37.7 Å². The third-order valence-corrected chi connectivity index (χ3v) is 5.93. The third kappa shape index (κ3) is 6.38. The third-order valence-electron chi connectivity index (χ3n) is 5.93. The number of carboxylic acid groups (broad SMARTS) is 1. The van der Waals surface area contributed by atoms with E-state index >= 15 is 4.39 Å². The summed E-state index contributed by atoms with van der Waals surface area (Å²) in [5, 5.41) is 9.96. The van der Waals surface area contributed by atoms with Gasteiger partial charge in [-0.1, -0.05) is 18.2 Å². The number of anilines is 1. The van der Waals surface area contributed by atoms with Crippen molar-refractivity contribution >= 4 is 29.5 Å². The number of aromatic nitrogens is 2. The quantitative estimate of drug-likeness (QED) is 0.433. The lowest BCUT2D eigenvalue weighted by Gasteiger charge is -2.30. The van der Waals surface area contributed by atoms with Crippen LogP contribution < -0.4 is 10.2 Å². The highest BCUT2D eigenvalue weighted by molar-refractivity contribution is 5.97. The minimum atomic E-state index is -5.08. The zero-order chi connectivity index (χ0) is 27.3. The molecule has 1 aromatic carbocycles. The highest BCUT2D eigenvalue weighted by atomic mass is 19.4. The fourth-order valence-electron chi connectivity index (χ4n) is 4.09. The average molecular weight is 532 g/mol. The van der Waals surface area contributed by atoms with E-state index in [1.165, 1.54) is 6.08 Å². The Hall–Kier alpha value is -4.19. The van der Waals surface area contributed by atoms with Crippen molar-refractivity contribution in [2.24, 2.45) is 0 Å². The number of alkyl halides is 3. The first-order valence-electron chi connectivity index (χ1n) is 11.7. The Morgan fingerprint density at radius 1 is 1.13 bits per heavy atom. The van der Waals surface area contributed by atoms with Crippen molar-refractivity contribution in [1.29, 1.82) is 0 Å². The lowest BCUT2D eigenvalue weighted by molar-refractivity contribution is -0.192. The molecule has 2 aromatic heterocycles.